The Balaban J connectivity index is 1.60. The fourth-order valence-corrected chi connectivity index (χ4v) is 4.84. The van der Waals surface area contributed by atoms with Crippen LogP contribution < -0.4 is 20.1 Å². The van der Waals surface area contributed by atoms with Crippen LogP contribution in [-0.4, -0.2) is 46.6 Å². The highest BCUT2D eigenvalue weighted by Gasteiger charge is 2.21. The van der Waals surface area contributed by atoms with Gasteiger partial charge < -0.3 is 20.1 Å². The number of halogens is 3. The molecular weight excluding hydrogens is 613 g/mol. The van der Waals surface area contributed by atoms with Gasteiger partial charge in [0.1, 0.15) is 17.3 Å². The van der Waals surface area contributed by atoms with Crippen molar-refractivity contribution >= 4 is 56.8 Å². The second kappa shape index (κ2) is 13.0. The van der Waals surface area contributed by atoms with E-state index in [1.807, 2.05) is 0 Å². The number of nitrogens with one attached hydrogen (secondary N) is 2. The van der Waals surface area contributed by atoms with Gasteiger partial charge in [-0.3, -0.25) is 14.2 Å². The van der Waals surface area contributed by atoms with Crippen LogP contribution in [-0.2, 0) is 11.3 Å². The van der Waals surface area contributed by atoms with Crippen molar-refractivity contribution in [2.75, 3.05) is 25.3 Å². The van der Waals surface area contributed by atoms with Gasteiger partial charge in [0, 0.05) is 16.2 Å². The molecule has 0 spiro atoms. The first kappa shape index (κ1) is 28.4. The molecule has 2 amide bonds. The van der Waals surface area contributed by atoms with Crippen LogP contribution in [0.25, 0.3) is 5.69 Å². The fraction of sp³-hybridized carbons (Fsp3) is 0.154. The van der Waals surface area contributed by atoms with Gasteiger partial charge in [0.15, 0.2) is 11.0 Å². The van der Waals surface area contributed by atoms with Crippen molar-refractivity contribution in [2.24, 2.45) is 0 Å². The zero-order valence-electron chi connectivity index (χ0n) is 20.7. The van der Waals surface area contributed by atoms with E-state index in [9.17, 15) is 14.0 Å². The van der Waals surface area contributed by atoms with Crippen LogP contribution in [0.5, 0.6) is 11.5 Å². The second-order valence-electron chi connectivity index (χ2n) is 7.92. The largest absolute Gasteiger partial charge is 0.497 e. The lowest BCUT2D eigenvalue weighted by Crippen LogP contribution is -2.25. The molecule has 0 saturated heterocycles. The van der Waals surface area contributed by atoms with Crippen LogP contribution in [0.1, 0.15) is 16.2 Å². The van der Waals surface area contributed by atoms with Crippen LogP contribution in [0.15, 0.2) is 70.3 Å². The lowest BCUT2D eigenvalue weighted by Gasteiger charge is -2.15. The Morgan fingerprint density at radius 2 is 1.82 bits per heavy atom. The summed E-state index contributed by atoms with van der Waals surface area (Å²) in [6.07, 6.45) is 0. The summed E-state index contributed by atoms with van der Waals surface area (Å²) in [7, 11) is 3.06. The Labute approximate surface area is 241 Å². The van der Waals surface area contributed by atoms with Gasteiger partial charge in [-0.1, -0.05) is 39.3 Å². The lowest BCUT2D eigenvalue weighted by molar-refractivity contribution is -0.113. The minimum atomic E-state index is -0.402. The molecule has 9 nitrogen and oxygen atoms in total. The first-order valence-corrected chi connectivity index (χ1v) is 13.5. The Morgan fingerprint density at radius 3 is 2.54 bits per heavy atom. The van der Waals surface area contributed by atoms with E-state index in [1.165, 1.54) is 38.5 Å². The molecule has 0 saturated carbocycles. The quantitative estimate of drug-likeness (QED) is 0.222. The summed E-state index contributed by atoms with van der Waals surface area (Å²) in [5.41, 5.74) is 1.31. The summed E-state index contributed by atoms with van der Waals surface area (Å²) in [6.45, 7) is -0.00260. The van der Waals surface area contributed by atoms with Gasteiger partial charge in [0.05, 0.1) is 42.8 Å². The number of carbonyl (C=O) groups excluding carboxylic acids is 2. The molecule has 39 heavy (non-hydrogen) atoms. The zero-order valence-corrected chi connectivity index (χ0v) is 23.9. The van der Waals surface area contributed by atoms with E-state index in [4.69, 9.17) is 21.1 Å². The molecule has 0 aliphatic carbocycles. The van der Waals surface area contributed by atoms with Crippen molar-refractivity contribution in [2.45, 2.75) is 11.7 Å². The average Bonchev–Trinajstić information content (AvgIpc) is 3.35. The minimum Gasteiger partial charge on any atom is -0.497 e. The van der Waals surface area contributed by atoms with E-state index in [0.717, 1.165) is 11.8 Å². The number of amides is 2. The summed E-state index contributed by atoms with van der Waals surface area (Å²) in [6, 6.07) is 15.7. The molecule has 0 aliphatic heterocycles. The molecule has 4 aromatic rings. The third kappa shape index (κ3) is 7.08. The molecule has 3 aromatic carbocycles. The molecule has 0 bridgehead atoms. The lowest BCUT2D eigenvalue weighted by atomic mass is 10.2. The highest BCUT2D eigenvalue weighted by Crippen LogP contribution is 2.32. The molecule has 0 unspecified atom stereocenters. The third-order valence-electron chi connectivity index (χ3n) is 5.37. The summed E-state index contributed by atoms with van der Waals surface area (Å²) < 4.78 is 26.5. The maximum Gasteiger partial charge on any atom is 0.253 e. The van der Waals surface area contributed by atoms with Gasteiger partial charge in [-0.05, 0) is 54.6 Å². The van der Waals surface area contributed by atoms with Gasteiger partial charge in [0.25, 0.3) is 5.91 Å². The van der Waals surface area contributed by atoms with E-state index in [2.05, 4.69) is 36.8 Å². The molecule has 13 heteroatoms. The van der Waals surface area contributed by atoms with Crippen molar-refractivity contribution in [3.8, 4) is 17.2 Å². The number of carbonyl (C=O) groups is 2. The minimum absolute atomic E-state index is 0.00260. The number of thioether (sulfide) groups is 1. The molecule has 1 aromatic heterocycles. The average molecular weight is 635 g/mol. The zero-order chi connectivity index (χ0) is 27.9. The number of anilines is 1. The molecule has 0 radical (unpaired) electrons. The van der Waals surface area contributed by atoms with Crippen molar-refractivity contribution in [1.82, 2.24) is 20.1 Å². The SMILES string of the molecule is COc1ccc(OC)c(-n2c(CNC(=O)c3cc(Br)ccc3Cl)nnc2SCC(=O)Nc2ccc(F)cc2)c1. The number of benzene rings is 3. The van der Waals surface area contributed by atoms with E-state index >= 15 is 0 Å². The van der Waals surface area contributed by atoms with Gasteiger partial charge in [-0.25, -0.2) is 4.39 Å². The molecule has 1 heterocycles. The molecular formula is C26H22BrClFN5O4S. The number of aromatic nitrogens is 3. The van der Waals surface area contributed by atoms with Gasteiger partial charge >= 0.3 is 0 Å². The Hall–Kier alpha value is -3.61. The Kier molecular flexibility index (Phi) is 9.44. The van der Waals surface area contributed by atoms with E-state index in [0.29, 0.717) is 48.9 Å². The monoisotopic (exact) mass is 633 g/mol. The van der Waals surface area contributed by atoms with Crippen molar-refractivity contribution in [3.05, 3.63) is 87.4 Å². The molecule has 0 atom stereocenters. The summed E-state index contributed by atoms with van der Waals surface area (Å²) in [4.78, 5) is 25.5. The van der Waals surface area contributed by atoms with Gasteiger partial charge in [-0.2, -0.15) is 0 Å². The molecule has 4 rings (SSSR count). The molecule has 202 valence electrons. The number of ether oxygens (including phenoxy) is 2. The molecule has 0 fully saturated rings. The van der Waals surface area contributed by atoms with Gasteiger partial charge in [0.2, 0.25) is 5.91 Å². The highest BCUT2D eigenvalue weighted by atomic mass is 79.9. The topological polar surface area (TPSA) is 107 Å². The molecule has 2 N–H and O–H groups in total. The van der Waals surface area contributed by atoms with Crippen molar-refractivity contribution < 1.29 is 23.5 Å². The standard InChI is InChI=1S/C26H22BrClFN5O4S/c1-37-18-8-10-22(38-2)21(12-18)34-23(13-30-25(36)19-11-15(27)3-9-20(19)28)32-33-26(34)39-14-24(35)31-17-6-4-16(29)5-7-17/h3-12H,13-14H2,1-2H3,(H,30,36)(H,31,35). The second-order valence-corrected chi connectivity index (χ2v) is 10.2. The smallest absolute Gasteiger partial charge is 0.253 e. The van der Waals surface area contributed by atoms with Crippen LogP contribution >= 0.6 is 39.3 Å². The summed E-state index contributed by atoms with van der Waals surface area (Å²) in [5, 5.41) is 14.7. The normalized spacial score (nSPS) is 10.7. The third-order valence-corrected chi connectivity index (χ3v) is 7.12. The molecule has 0 aliphatic rings. The first-order chi connectivity index (χ1) is 18.8. The van der Waals surface area contributed by atoms with E-state index in [1.54, 1.807) is 41.0 Å². The highest BCUT2D eigenvalue weighted by molar-refractivity contribution is 9.10. The van der Waals surface area contributed by atoms with E-state index in [-0.39, 0.29) is 18.2 Å². The Morgan fingerprint density at radius 1 is 1.05 bits per heavy atom. The number of hydrogen-bond acceptors (Lipinski definition) is 7. The number of methoxy groups -OCH3 is 2. The maximum atomic E-state index is 13.2. The maximum absolute atomic E-state index is 13.2. The van der Waals surface area contributed by atoms with Crippen molar-refractivity contribution in [1.29, 1.82) is 0 Å². The van der Waals surface area contributed by atoms with Crippen molar-refractivity contribution in [3.63, 3.8) is 0 Å². The first-order valence-electron chi connectivity index (χ1n) is 11.4. The predicted octanol–water partition coefficient (Wildman–Crippen LogP) is 5.50. The van der Waals surface area contributed by atoms with Crippen LogP contribution in [0, 0.1) is 5.82 Å². The van der Waals surface area contributed by atoms with Gasteiger partial charge in [-0.15, -0.1) is 10.2 Å². The Bertz CT molecular complexity index is 1500. The predicted molar refractivity (Wildman–Crippen MR) is 151 cm³/mol. The van der Waals surface area contributed by atoms with Crippen LogP contribution in [0.4, 0.5) is 10.1 Å². The summed E-state index contributed by atoms with van der Waals surface area (Å²) in [5.74, 6) is 0.296. The fourth-order valence-electron chi connectivity index (χ4n) is 3.51. The number of nitrogens with zero attached hydrogens (tertiary/aromatic N) is 3. The number of rotatable bonds is 10. The van der Waals surface area contributed by atoms with Crippen LogP contribution in [0.2, 0.25) is 5.02 Å². The van der Waals surface area contributed by atoms with Crippen LogP contribution in [0.3, 0.4) is 0 Å². The van der Waals surface area contributed by atoms with E-state index < -0.39 is 11.7 Å². The number of hydrogen-bond donors (Lipinski definition) is 2. The summed E-state index contributed by atoms with van der Waals surface area (Å²) >= 11 is 10.7.